The molecule has 0 saturated heterocycles. The van der Waals surface area contributed by atoms with Crippen LogP contribution in [0.25, 0.3) is 5.57 Å². The fraction of sp³-hybridized carbons (Fsp3) is 0.400. The molecule has 18 heavy (non-hydrogen) atoms. The number of nitrogens with zero attached hydrogens (tertiary/aromatic N) is 1. The first-order valence-electron chi connectivity index (χ1n) is 6.19. The molecule has 1 heterocycles. The second-order valence-electron chi connectivity index (χ2n) is 5.67. The molecule has 2 rings (SSSR count). The van der Waals surface area contributed by atoms with Crippen LogP contribution >= 0.6 is 11.6 Å². The Kier molecular flexibility index (Phi) is 3.49. The van der Waals surface area contributed by atoms with E-state index in [1.807, 2.05) is 18.2 Å². The SMILES string of the molecule is CC(C)(C)C1=NCCC(c2ccc(N)c(Cl)c2)=C1. The van der Waals surface area contributed by atoms with E-state index in [0.717, 1.165) is 24.2 Å². The van der Waals surface area contributed by atoms with Crippen molar-refractivity contribution >= 4 is 28.6 Å². The molecule has 0 atom stereocenters. The lowest BCUT2D eigenvalue weighted by Crippen LogP contribution is -2.21. The highest BCUT2D eigenvalue weighted by atomic mass is 35.5. The first kappa shape index (κ1) is 13.2. The number of benzene rings is 1. The van der Waals surface area contributed by atoms with E-state index >= 15 is 0 Å². The first-order valence-corrected chi connectivity index (χ1v) is 6.56. The highest BCUT2D eigenvalue weighted by Gasteiger charge is 2.20. The van der Waals surface area contributed by atoms with Gasteiger partial charge in [0.05, 0.1) is 10.7 Å². The Bertz CT molecular complexity index is 522. The van der Waals surface area contributed by atoms with E-state index in [1.165, 1.54) is 5.57 Å². The Balaban J connectivity index is 2.36. The number of nitrogen functional groups attached to an aromatic ring is 1. The molecule has 0 saturated carbocycles. The van der Waals surface area contributed by atoms with E-state index in [0.29, 0.717) is 10.7 Å². The van der Waals surface area contributed by atoms with Crippen LogP contribution in [0.4, 0.5) is 5.69 Å². The van der Waals surface area contributed by atoms with Crippen molar-refractivity contribution in [3.05, 3.63) is 34.9 Å². The minimum absolute atomic E-state index is 0.0866. The van der Waals surface area contributed by atoms with Crippen molar-refractivity contribution in [2.45, 2.75) is 27.2 Å². The smallest absolute Gasteiger partial charge is 0.0641 e. The number of allylic oxidation sites excluding steroid dienone is 1. The van der Waals surface area contributed by atoms with Gasteiger partial charge in [-0.15, -0.1) is 0 Å². The number of rotatable bonds is 1. The molecule has 2 N–H and O–H groups in total. The van der Waals surface area contributed by atoms with Crippen LogP contribution in [-0.2, 0) is 0 Å². The molecular formula is C15H19ClN2. The third-order valence-electron chi connectivity index (χ3n) is 3.11. The lowest BCUT2D eigenvalue weighted by Gasteiger charge is -2.23. The van der Waals surface area contributed by atoms with Gasteiger partial charge >= 0.3 is 0 Å². The molecule has 0 aliphatic carbocycles. The predicted molar refractivity (Wildman–Crippen MR) is 80.2 cm³/mol. The van der Waals surface area contributed by atoms with Gasteiger partial charge in [0, 0.05) is 17.7 Å². The van der Waals surface area contributed by atoms with Crippen molar-refractivity contribution in [3.63, 3.8) is 0 Å². The Hall–Kier alpha value is -1.28. The molecule has 0 fully saturated rings. The van der Waals surface area contributed by atoms with Gasteiger partial charge < -0.3 is 5.73 Å². The molecule has 2 nitrogen and oxygen atoms in total. The van der Waals surface area contributed by atoms with Gasteiger partial charge in [0.1, 0.15) is 0 Å². The van der Waals surface area contributed by atoms with Crippen LogP contribution in [0.15, 0.2) is 29.3 Å². The monoisotopic (exact) mass is 262 g/mol. The highest BCUT2D eigenvalue weighted by molar-refractivity contribution is 6.33. The molecule has 0 spiro atoms. The fourth-order valence-electron chi connectivity index (χ4n) is 1.99. The van der Waals surface area contributed by atoms with Gasteiger partial charge in [-0.2, -0.15) is 0 Å². The van der Waals surface area contributed by atoms with Crippen molar-refractivity contribution in [2.75, 3.05) is 12.3 Å². The zero-order chi connectivity index (χ0) is 13.3. The molecule has 0 aromatic heterocycles. The number of hydrogen-bond acceptors (Lipinski definition) is 2. The normalized spacial score (nSPS) is 16.2. The highest BCUT2D eigenvalue weighted by Crippen LogP contribution is 2.30. The van der Waals surface area contributed by atoms with E-state index in [4.69, 9.17) is 17.3 Å². The Labute approximate surface area is 114 Å². The molecule has 1 aromatic rings. The summed E-state index contributed by atoms with van der Waals surface area (Å²) in [7, 11) is 0. The number of nitrogens with two attached hydrogens (primary N) is 1. The molecule has 1 aromatic carbocycles. The maximum absolute atomic E-state index is 6.08. The van der Waals surface area contributed by atoms with Gasteiger partial charge in [-0.25, -0.2) is 0 Å². The molecular weight excluding hydrogens is 244 g/mol. The maximum Gasteiger partial charge on any atom is 0.0641 e. The maximum atomic E-state index is 6.08. The third kappa shape index (κ3) is 2.75. The Morgan fingerprint density at radius 1 is 1.28 bits per heavy atom. The van der Waals surface area contributed by atoms with Crippen molar-refractivity contribution < 1.29 is 0 Å². The van der Waals surface area contributed by atoms with Crippen LogP contribution < -0.4 is 5.73 Å². The minimum atomic E-state index is 0.0866. The van der Waals surface area contributed by atoms with Crippen LogP contribution in [0.5, 0.6) is 0 Å². The van der Waals surface area contributed by atoms with Crippen LogP contribution in [0.2, 0.25) is 5.02 Å². The average Bonchev–Trinajstić information content (AvgIpc) is 2.32. The minimum Gasteiger partial charge on any atom is -0.398 e. The van der Waals surface area contributed by atoms with E-state index in [-0.39, 0.29) is 5.41 Å². The Morgan fingerprint density at radius 3 is 2.61 bits per heavy atom. The number of dihydropyridines is 1. The van der Waals surface area contributed by atoms with Gasteiger partial charge in [-0.3, -0.25) is 4.99 Å². The molecule has 3 heteroatoms. The first-order chi connectivity index (χ1) is 8.38. The molecule has 0 amide bonds. The number of halogens is 1. The van der Waals surface area contributed by atoms with Gasteiger partial charge in [0.2, 0.25) is 0 Å². The number of hydrogen-bond donors (Lipinski definition) is 1. The van der Waals surface area contributed by atoms with Gasteiger partial charge in [-0.1, -0.05) is 38.4 Å². The van der Waals surface area contributed by atoms with E-state index < -0.39 is 0 Å². The molecule has 0 bridgehead atoms. The molecule has 1 aliphatic heterocycles. The van der Waals surface area contributed by atoms with Gasteiger partial charge in [-0.05, 0) is 35.8 Å². The standard InChI is InChI=1S/C15H19ClN2/c1-15(2,3)14-9-11(6-7-18-14)10-4-5-13(17)12(16)8-10/h4-5,8-9H,6-7,17H2,1-3H3. The summed E-state index contributed by atoms with van der Waals surface area (Å²) in [5.41, 5.74) is 10.0. The second-order valence-corrected chi connectivity index (χ2v) is 6.08. The second kappa shape index (κ2) is 4.77. The van der Waals surface area contributed by atoms with Crippen LogP contribution in [-0.4, -0.2) is 12.3 Å². The molecule has 0 radical (unpaired) electrons. The van der Waals surface area contributed by atoms with E-state index in [2.05, 4.69) is 31.8 Å². The quantitative estimate of drug-likeness (QED) is 0.757. The fourth-order valence-corrected chi connectivity index (χ4v) is 2.17. The predicted octanol–water partition coefficient (Wildman–Crippen LogP) is 4.20. The van der Waals surface area contributed by atoms with Gasteiger partial charge in [0.25, 0.3) is 0 Å². The summed E-state index contributed by atoms with van der Waals surface area (Å²) < 4.78 is 0. The lowest BCUT2D eigenvalue weighted by molar-refractivity contribution is 0.589. The number of aliphatic imine (C=N–C) groups is 1. The number of anilines is 1. The van der Waals surface area contributed by atoms with E-state index in [1.54, 1.807) is 0 Å². The van der Waals surface area contributed by atoms with E-state index in [9.17, 15) is 0 Å². The summed E-state index contributed by atoms with van der Waals surface area (Å²) in [4.78, 5) is 4.60. The summed E-state index contributed by atoms with van der Waals surface area (Å²) in [5, 5.41) is 0.619. The Morgan fingerprint density at radius 2 is 2.00 bits per heavy atom. The van der Waals surface area contributed by atoms with Crippen molar-refractivity contribution in [3.8, 4) is 0 Å². The summed E-state index contributed by atoms with van der Waals surface area (Å²) in [5.74, 6) is 0. The van der Waals surface area contributed by atoms with Crippen molar-refractivity contribution in [1.82, 2.24) is 0 Å². The average molecular weight is 263 g/mol. The zero-order valence-corrected chi connectivity index (χ0v) is 11.9. The largest absolute Gasteiger partial charge is 0.398 e. The van der Waals surface area contributed by atoms with Crippen molar-refractivity contribution in [1.29, 1.82) is 0 Å². The third-order valence-corrected chi connectivity index (χ3v) is 3.44. The topological polar surface area (TPSA) is 38.4 Å². The summed E-state index contributed by atoms with van der Waals surface area (Å²) in [6.45, 7) is 7.39. The van der Waals surface area contributed by atoms with Crippen LogP contribution in [0, 0.1) is 5.41 Å². The van der Waals surface area contributed by atoms with Crippen molar-refractivity contribution in [2.24, 2.45) is 10.4 Å². The zero-order valence-electron chi connectivity index (χ0n) is 11.1. The van der Waals surface area contributed by atoms with Crippen LogP contribution in [0.1, 0.15) is 32.8 Å². The summed E-state index contributed by atoms with van der Waals surface area (Å²) >= 11 is 6.08. The van der Waals surface area contributed by atoms with Gasteiger partial charge in [0.15, 0.2) is 0 Å². The van der Waals surface area contributed by atoms with Crippen LogP contribution in [0.3, 0.4) is 0 Å². The lowest BCUT2D eigenvalue weighted by atomic mass is 9.86. The molecule has 96 valence electrons. The summed E-state index contributed by atoms with van der Waals surface area (Å²) in [6, 6.07) is 5.83. The summed E-state index contributed by atoms with van der Waals surface area (Å²) in [6.07, 6.45) is 3.14. The molecule has 1 aliphatic rings. The molecule has 0 unspecified atom stereocenters.